The van der Waals surface area contributed by atoms with E-state index in [4.69, 9.17) is 0 Å². The molecule has 2 N–H and O–H groups in total. The maximum atomic E-state index is 12.5. The van der Waals surface area contributed by atoms with Gasteiger partial charge in [-0.05, 0) is 52.5 Å². The van der Waals surface area contributed by atoms with Crippen molar-refractivity contribution in [2.45, 2.75) is 57.5 Å². The molecule has 1 spiro atoms. The van der Waals surface area contributed by atoms with Crippen LogP contribution in [0.1, 0.15) is 53.8 Å². The standard InChI is InChI=1S/C15H24N4O/c1-10-13(11(2)19(3)18-10)14(20)17-12-5-8-16-15(9-12)6-4-7-15/h12,16H,4-9H2,1-3H3,(H,17,20). The van der Waals surface area contributed by atoms with Crippen molar-refractivity contribution in [3.05, 3.63) is 17.0 Å². The van der Waals surface area contributed by atoms with Crippen LogP contribution < -0.4 is 10.6 Å². The summed E-state index contributed by atoms with van der Waals surface area (Å²) in [5.41, 5.74) is 2.81. The minimum absolute atomic E-state index is 0.0365. The third-order valence-electron chi connectivity index (χ3n) is 5.01. The number of hydrogen-bond acceptors (Lipinski definition) is 3. The van der Waals surface area contributed by atoms with Gasteiger partial charge in [0.1, 0.15) is 0 Å². The van der Waals surface area contributed by atoms with Crippen molar-refractivity contribution >= 4 is 5.91 Å². The summed E-state index contributed by atoms with van der Waals surface area (Å²) in [5.74, 6) is 0.0365. The molecular formula is C15H24N4O. The van der Waals surface area contributed by atoms with E-state index in [1.807, 2.05) is 20.9 Å². The van der Waals surface area contributed by atoms with Crippen LogP contribution in [0.4, 0.5) is 0 Å². The summed E-state index contributed by atoms with van der Waals surface area (Å²) >= 11 is 0. The Bertz CT molecular complexity index is 530. The Kier molecular flexibility index (Phi) is 3.32. The number of aromatic nitrogens is 2. The van der Waals surface area contributed by atoms with E-state index in [0.29, 0.717) is 11.6 Å². The van der Waals surface area contributed by atoms with Gasteiger partial charge in [0.05, 0.1) is 11.3 Å². The number of piperidine rings is 1. The molecule has 3 rings (SSSR count). The highest BCUT2D eigenvalue weighted by atomic mass is 16.1. The Labute approximate surface area is 120 Å². The van der Waals surface area contributed by atoms with Gasteiger partial charge in [-0.2, -0.15) is 5.10 Å². The van der Waals surface area contributed by atoms with Gasteiger partial charge in [-0.3, -0.25) is 9.48 Å². The van der Waals surface area contributed by atoms with Gasteiger partial charge in [0.15, 0.2) is 0 Å². The fourth-order valence-electron chi connectivity index (χ4n) is 3.62. The molecule has 1 saturated heterocycles. The quantitative estimate of drug-likeness (QED) is 0.859. The summed E-state index contributed by atoms with van der Waals surface area (Å²) in [6.07, 6.45) is 5.91. The number of carbonyl (C=O) groups is 1. The summed E-state index contributed by atoms with van der Waals surface area (Å²) < 4.78 is 1.78. The Hall–Kier alpha value is -1.36. The molecule has 2 heterocycles. The molecule has 110 valence electrons. The number of aryl methyl sites for hydroxylation is 2. The Balaban J connectivity index is 1.69. The van der Waals surface area contributed by atoms with Crippen LogP contribution in [0.5, 0.6) is 0 Å². The molecule has 1 aromatic heterocycles. The van der Waals surface area contributed by atoms with E-state index in [0.717, 1.165) is 36.3 Å². The molecule has 1 aliphatic heterocycles. The van der Waals surface area contributed by atoms with Gasteiger partial charge in [0.25, 0.3) is 5.91 Å². The number of nitrogens with zero attached hydrogens (tertiary/aromatic N) is 2. The van der Waals surface area contributed by atoms with Crippen LogP contribution in [0.15, 0.2) is 0 Å². The Morgan fingerprint density at radius 1 is 1.45 bits per heavy atom. The van der Waals surface area contributed by atoms with E-state index in [9.17, 15) is 4.79 Å². The van der Waals surface area contributed by atoms with Crippen molar-refractivity contribution in [3.8, 4) is 0 Å². The van der Waals surface area contributed by atoms with Crippen LogP contribution >= 0.6 is 0 Å². The van der Waals surface area contributed by atoms with Gasteiger partial charge in [0.2, 0.25) is 0 Å². The monoisotopic (exact) mass is 276 g/mol. The third-order valence-corrected chi connectivity index (χ3v) is 5.01. The van der Waals surface area contributed by atoms with Gasteiger partial charge in [-0.15, -0.1) is 0 Å². The van der Waals surface area contributed by atoms with Crippen molar-refractivity contribution < 1.29 is 4.79 Å². The average molecular weight is 276 g/mol. The highest BCUT2D eigenvalue weighted by Crippen LogP contribution is 2.38. The highest BCUT2D eigenvalue weighted by Gasteiger charge is 2.41. The third kappa shape index (κ3) is 2.24. The Morgan fingerprint density at radius 3 is 2.75 bits per heavy atom. The van der Waals surface area contributed by atoms with Crippen molar-refractivity contribution in [2.24, 2.45) is 7.05 Å². The topological polar surface area (TPSA) is 59.0 Å². The second-order valence-electron chi connectivity index (χ2n) is 6.39. The van der Waals surface area contributed by atoms with Gasteiger partial charge < -0.3 is 10.6 Å². The average Bonchev–Trinajstić information content (AvgIpc) is 2.61. The summed E-state index contributed by atoms with van der Waals surface area (Å²) in [6.45, 7) is 4.86. The lowest BCUT2D eigenvalue weighted by Gasteiger charge is -2.48. The number of carbonyl (C=O) groups excluding carboxylic acids is 1. The van der Waals surface area contributed by atoms with E-state index in [1.54, 1.807) is 4.68 Å². The van der Waals surface area contributed by atoms with E-state index < -0.39 is 0 Å². The van der Waals surface area contributed by atoms with Crippen LogP contribution in [0.2, 0.25) is 0 Å². The van der Waals surface area contributed by atoms with Crippen LogP contribution in [0.3, 0.4) is 0 Å². The van der Waals surface area contributed by atoms with E-state index >= 15 is 0 Å². The van der Waals surface area contributed by atoms with E-state index in [2.05, 4.69) is 15.7 Å². The number of rotatable bonds is 2. The molecule has 0 radical (unpaired) electrons. The second kappa shape index (κ2) is 4.88. The van der Waals surface area contributed by atoms with Gasteiger partial charge in [-0.1, -0.05) is 0 Å². The number of nitrogens with one attached hydrogen (secondary N) is 2. The molecular weight excluding hydrogens is 252 g/mol. The largest absolute Gasteiger partial charge is 0.349 e. The summed E-state index contributed by atoms with van der Waals surface area (Å²) in [4.78, 5) is 12.5. The fourth-order valence-corrected chi connectivity index (χ4v) is 3.62. The Morgan fingerprint density at radius 2 is 2.20 bits per heavy atom. The van der Waals surface area contributed by atoms with Crippen molar-refractivity contribution in [1.29, 1.82) is 0 Å². The minimum Gasteiger partial charge on any atom is -0.349 e. The molecule has 5 nitrogen and oxygen atoms in total. The molecule has 1 aromatic rings. The van der Waals surface area contributed by atoms with E-state index in [-0.39, 0.29) is 5.91 Å². The lowest BCUT2D eigenvalue weighted by atomic mass is 9.70. The first-order chi connectivity index (χ1) is 9.51. The maximum absolute atomic E-state index is 12.5. The smallest absolute Gasteiger partial charge is 0.255 e. The van der Waals surface area contributed by atoms with Gasteiger partial charge >= 0.3 is 0 Å². The molecule has 2 aliphatic rings. The lowest BCUT2D eigenvalue weighted by molar-refractivity contribution is 0.0852. The normalized spacial score (nSPS) is 24.4. The summed E-state index contributed by atoms with van der Waals surface area (Å²) in [6, 6.07) is 0.294. The molecule has 20 heavy (non-hydrogen) atoms. The van der Waals surface area contributed by atoms with Crippen LogP contribution in [0, 0.1) is 13.8 Å². The predicted octanol–water partition coefficient (Wildman–Crippen LogP) is 1.44. The van der Waals surface area contributed by atoms with Crippen molar-refractivity contribution in [2.75, 3.05) is 6.54 Å². The lowest BCUT2D eigenvalue weighted by Crippen LogP contribution is -2.59. The highest BCUT2D eigenvalue weighted by molar-refractivity contribution is 5.96. The molecule has 2 fully saturated rings. The zero-order valence-corrected chi connectivity index (χ0v) is 12.6. The first-order valence-corrected chi connectivity index (χ1v) is 7.57. The second-order valence-corrected chi connectivity index (χ2v) is 6.39. The van der Waals surface area contributed by atoms with Crippen molar-refractivity contribution in [3.63, 3.8) is 0 Å². The molecule has 1 saturated carbocycles. The van der Waals surface area contributed by atoms with Crippen LogP contribution in [-0.2, 0) is 7.05 Å². The molecule has 0 aromatic carbocycles. The van der Waals surface area contributed by atoms with Gasteiger partial charge in [0, 0.05) is 24.3 Å². The number of hydrogen-bond donors (Lipinski definition) is 2. The first-order valence-electron chi connectivity index (χ1n) is 7.57. The molecule has 1 unspecified atom stereocenters. The maximum Gasteiger partial charge on any atom is 0.255 e. The van der Waals surface area contributed by atoms with Crippen LogP contribution in [0.25, 0.3) is 0 Å². The minimum atomic E-state index is 0.0365. The van der Waals surface area contributed by atoms with Gasteiger partial charge in [-0.25, -0.2) is 0 Å². The predicted molar refractivity (Wildman–Crippen MR) is 77.8 cm³/mol. The van der Waals surface area contributed by atoms with Crippen molar-refractivity contribution in [1.82, 2.24) is 20.4 Å². The zero-order chi connectivity index (χ0) is 14.3. The summed E-state index contributed by atoms with van der Waals surface area (Å²) in [7, 11) is 1.88. The molecule has 1 amide bonds. The summed E-state index contributed by atoms with van der Waals surface area (Å²) in [5, 5.41) is 11.2. The molecule has 1 aliphatic carbocycles. The zero-order valence-electron chi connectivity index (χ0n) is 12.6. The fraction of sp³-hybridized carbons (Fsp3) is 0.733. The molecule has 5 heteroatoms. The molecule has 1 atom stereocenters. The van der Waals surface area contributed by atoms with Crippen LogP contribution in [-0.4, -0.2) is 33.8 Å². The van der Waals surface area contributed by atoms with E-state index in [1.165, 1.54) is 19.3 Å². The number of amides is 1. The SMILES string of the molecule is Cc1nn(C)c(C)c1C(=O)NC1CCNC2(CCC2)C1. The molecule has 0 bridgehead atoms. The first kappa shape index (κ1) is 13.6.